The van der Waals surface area contributed by atoms with Gasteiger partial charge in [0, 0.05) is 0 Å². The molecule has 0 aromatic heterocycles. The van der Waals surface area contributed by atoms with Gasteiger partial charge in [-0.15, -0.1) is 0 Å². The van der Waals surface area contributed by atoms with Crippen LogP contribution < -0.4 is 0 Å². The molecule has 64 valence electrons. The van der Waals surface area contributed by atoms with E-state index in [9.17, 15) is 0 Å². The van der Waals surface area contributed by atoms with Crippen molar-refractivity contribution in [3.63, 3.8) is 0 Å². The number of unbranched alkanes of at least 4 members (excludes halogenated alkanes) is 4. The first-order valence-corrected chi connectivity index (χ1v) is 8.89. The molecule has 0 aliphatic heterocycles. The van der Waals surface area contributed by atoms with Crippen LogP contribution in [0.2, 0.25) is 0 Å². The van der Waals surface area contributed by atoms with E-state index < -0.39 is 0 Å². The summed E-state index contributed by atoms with van der Waals surface area (Å²) in [6.45, 7) is 4.49. The second-order valence-electron chi connectivity index (χ2n) is 2.47. The van der Waals surface area contributed by atoms with Crippen LogP contribution in [0.1, 0.15) is 46.0 Å². The predicted octanol–water partition coefficient (Wildman–Crippen LogP) is 0.540. The molecule has 0 amide bonds. The molecule has 0 aromatic carbocycles. The van der Waals surface area contributed by atoms with Crippen LogP contribution in [0.15, 0.2) is 0 Å². The Labute approximate surface area is 92.6 Å². The van der Waals surface area contributed by atoms with Gasteiger partial charge in [-0.1, -0.05) is 46.0 Å². The summed E-state index contributed by atoms with van der Waals surface area (Å²) in [5.41, 5.74) is 0. The number of hydrogen-bond donors (Lipinski definition) is 0. The van der Waals surface area contributed by atoms with Gasteiger partial charge in [-0.05, 0) is 0 Å². The van der Waals surface area contributed by atoms with E-state index >= 15 is 0 Å². The normalized spacial score (nSPS) is 9.00. The Morgan fingerprint density at radius 1 is 0.900 bits per heavy atom. The van der Waals surface area contributed by atoms with E-state index in [0.717, 1.165) is 0 Å². The summed E-state index contributed by atoms with van der Waals surface area (Å²) in [6.07, 6.45) is 7.01. The van der Waals surface area contributed by atoms with Crippen molar-refractivity contribution in [3.05, 3.63) is 0 Å². The van der Waals surface area contributed by atoms with Crippen LogP contribution in [-0.4, -0.2) is 45.9 Å². The average Bonchev–Trinajstić information content (AvgIpc) is 1.91. The van der Waals surface area contributed by atoms with E-state index in [1.165, 1.54) is 32.1 Å². The molecule has 0 aliphatic rings. The first-order chi connectivity index (χ1) is 4.83. The Kier molecular flexibility index (Phi) is 23.8. The number of hydrogen-bond acceptors (Lipinski definition) is 1. The molecule has 10 heavy (non-hydrogen) atoms. The molecule has 0 rings (SSSR count). The van der Waals surface area contributed by atoms with E-state index in [0.29, 0.717) is 45.9 Å². The second-order valence-corrected chi connectivity index (χ2v) is 20.4. The van der Waals surface area contributed by atoms with Crippen molar-refractivity contribution in [2.45, 2.75) is 46.0 Å². The summed E-state index contributed by atoms with van der Waals surface area (Å²) in [5, 5.41) is 0. The van der Waals surface area contributed by atoms with Gasteiger partial charge in [-0.2, -0.15) is 0 Å². The Bertz CT molecular complexity index is 38.6. The summed E-state index contributed by atoms with van der Waals surface area (Å²) in [6, 6.07) is 0. The fourth-order valence-corrected chi connectivity index (χ4v) is 0.677. The molecule has 0 radical (unpaired) electrons. The van der Waals surface area contributed by atoms with Gasteiger partial charge in [-0.25, -0.2) is 0 Å². The first kappa shape index (κ1) is 14.1. The van der Waals surface area contributed by atoms with Gasteiger partial charge in [0.25, 0.3) is 0 Å². The first-order valence-electron chi connectivity index (χ1n) is 4.23. The fourth-order valence-electron chi connectivity index (χ4n) is 0.677. The third kappa shape index (κ3) is 22.7. The van der Waals surface area contributed by atoms with Crippen molar-refractivity contribution in [2.75, 3.05) is 0 Å². The van der Waals surface area contributed by atoms with Gasteiger partial charge in [0.15, 0.2) is 0 Å². The van der Waals surface area contributed by atoms with Crippen molar-refractivity contribution < 1.29 is 1.41 Å². The summed E-state index contributed by atoms with van der Waals surface area (Å²) >= 11 is 1.15. The van der Waals surface area contributed by atoms with Gasteiger partial charge < -0.3 is 0 Å². The maximum absolute atomic E-state index is 4.67. The predicted molar refractivity (Wildman–Crippen MR) is 55.4 cm³/mol. The molecule has 0 aromatic rings. The summed E-state index contributed by atoms with van der Waals surface area (Å²) in [5.74, 6) is 0. The quantitative estimate of drug-likeness (QED) is 0.526. The fraction of sp³-hybridized carbons (Fsp3) is 1.00. The SMILES string of the molecule is CCCCCCC.[SnH3][O][SnH3]. The van der Waals surface area contributed by atoms with Gasteiger partial charge in [0.2, 0.25) is 0 Å². The molecule has 0 fully saturated rings. The van der Waals surface area contributed by atoms with E-state index in [1.54, 1.807) is 0 Å². The molecule has 0 saturated carbocycles. The Morgan fingerprint density at radius 3 is 1.40 bits per heavy atom. The monoisotopic (exact) mass is 362 g/mol. The molecule has 3 heteroatoms. The zero-order valence-corrected chi connectivity index (χ0v) is 19.4. The van der Waals surface area contributed by atoms with Crippen LogP contribution in [0.25, 0.3) is 0 Å². The molecule has 0 aliphatic carbocycles. The molecule has 0 N–H and O–H groups in total. The standard InChI is InChI=1S/C7H16.O.2Sn.6H/c1-3-5-7-6-4-2;;;;;;;;;/h3-7H2,1-2H3;;;;;;;;;. The second kappa shape index (κ2) is 16.9. The summed E-state index contributed by atoms with van der Waals surface area (Å²) < 4.78 is 4.67. The van der Waals surface area contributed by atoms with E-state index in [2.05, 4.69) is 15.3 Å². The van der Waals surface area contributed by atoms with Crippen LogP contribution in [0.5, 0.6) is 0 Å². The molecule has 0 heterocycles. The van der Waals surface area contributed by atoms with Crippen molar-refractivity contribution in [2.24, 2.45) is 0 Å². The van der Waals surface area contributed by atoms with E-state index in [4.69, 9.17) is 0 Å². The third-order valence-corrected chi connectivity index (χ3v) is 1.21. The molecule has 0 atom stereocenters. The van der Waals surface area contributed by atoms with E-state index in [1.807, 2.05) is 0 Å². The minimum atomic E-state index is 0.575. The number of rotatable bonds is 4. The van der Waals surface area contributed by atoms with Crippen LogP contribution in [0.4, 0.5) is 0 Å². The average molecular weight is 360 g/mol. The third-order valence-electron chi connectivity index (χ3n) is 1.21. The Morgan fingerprint density at radius 2 is 1.20 bits per heavy atom. The Hall–Kier alpha value is 1.56. The zero-order valence-electron chi connectivity index (χ0n) is 7.94. The van der Waals surface area contributed by atoms with Gasteiger partial charge >= 0.3 is 47.3 Å². The molecule has 0 saturated heterocycles. The van der Waals surface area contributed by atoms with Crippen molar-refractivity contribution in [1.29, 1.82) is 0 Å². The molecule has 0 spiro atoms. The molecular formula is C7H22OSn2. The van der Waals surface area contributed by atoms with Crippen LogP contribution in [0, 0.1) is 0 Å². The topological polar surface area (TPSA) is 9.23 Å². The van der Waals surface area contributed by atoms with Crippen molar-refractivity contribution >= 4 is 45.9 Å². The zero-order chi connectivity index (χ0) is 8.24. The van der Waals surface area contributed by atoms with Gasteiger partial charge in [0.1, 0.15) is 0 Å². The molecule has 1 nitrogen and oxygen atoms in total. The van der Waals surface area contributed by atoms with Crippen molar-refractivity contribution in [1.82, 2.24) is 0 Å². The summed E-state index contributed by atoms with van der Waals surface area (Å²) in [7, 11) is 0. The van der Waals surface area contributed by atoms with Crippen LogP contribution >= 0.6 is 0 Å². The summed E-state index contributed by atoms with van der Waals surface area (Å²) in [4.78, 5) is 0. The van der Waals surface area contributed by atoms with Crippen LogP contribution in [0.3, 0.4) is 0 Å². The van der Waals surface area contributed by atoms with Gasteiger partial charge in [0.05, 0.1) is 0 Å². The minimum absolute atomic E-state index is 0.575. The van der Waals surface area contributed by atoms with Gasteiger partial charge in [-0.3, -0.25) is 0 Å². The van der Waals surface area contributed by atoms with Crippen molar-refractivity contribution in [3.8, 4) is 0 Å². The van der Waals surface area contributed by atoms with Crippen LogP contribution in [-0.2, 0) is 1.41 Å². The molecule has 0 bridgehead atoms. The Balaban J connectivity index is 0. The maximum atomic E-state index is 4.67. The molecular weight excluding hydrogens is 337 g/mol. The van der Waals surface area contributed by atoms with E-state index in [-0.39, 0.29) is 0 Å². The molecule has 0 unspecified atom stereocenters.